The van der Waals surface area contributed by atoms with Crippen LogP contribution in [0.15, 0.2) is 73.1 Å². The van der Waals surface area contributed by atoms with Gasteiger partial charge in [0.15, 0.2) is 0 Å². The van der Waals surface area contributed by atoms with Gasteiger partial charge in [0, 0.05) is 36.7 Å². The van der Waals surface area contributed by atoms with E-state index in [1.54, 1.807) is 31.2 Å². The summed E-state index contributed by atoms with van der Waals surface area (Å²) in [5.41, 5.74) is 2.49. The third kappa shape index (κ3) is 9.49. The second-order valence-electron chi connectivity index (χ2n) is 6.35. The van der Waals surface area contributed by atoms with Crippen LogP contribution < -0.4 is 10.6 Å². The van der Waals surface area contributed by atoms with Crippen molar-refractivity contribution in [2.75, 3.05) is 12.4 Å². The van der Waals surface area contributed by atoms with E-state index in [0.29, 0.717) is 16.8 Å². The second-order valence-corrected chi connectivity index (χ2v) is 6.35. The molecule has 1 atom stereocenters. The molecular formula is C25H30FN3O4. The van der Waals surface area contributed by atoms with Gasteiger partial charge in [-0.1, -0.05) is 44.2 Å². The molecule has 0 saturated carbocycles. The molecule has 0 saturated heterocycles. The van der Waals surface area contributed by atoms with Crippen molar-refractivity contribution in [2.24, 2.45) is 0 Å². The van der Waals surface area contributed by atoms with Gasteiger partial charge in [-0.2, -0.15) is 0 Å². The highest BCUT2D eigenvalue weighted by Gasteiger charge is 2.13. The average Bonchev–Trinajstić information content (AvgIpc) is 2.86. The third-order valence-electron chi connectivity index (χ3n) is 4.16. The fourth-order valence-corrected chi connectivity index (χ4v) is 2.59. The number of ether oxygens (including phenoxy) is 1. The first-order valence-corrected chi connectivity index (χ1v) is 10.5. The summed E-state index contributed by atoms with van der Waals surface area (Å²) in [7, 11) is 1.00. The highest BCUT2D eigenvalue weighted by Crippen LogP contribution is 2.16. The summed E-state index contributed by atoms with van der Waals surface area (Å²) in [5, 5.41) is 12.4. The summed E-state index contributed by atoms with van der Waals surface area (Å²) < 4.78 is 18.4. The summed E-state index contributed by atoms with van der Waals surface area (Å²) in [6, 6.07) is 17.3. The van der Waals surface area contributed by atoms with Crippen molar-refractivity contribution in [1.82, 2.24) is 10.3 Å². The van der Waals surface area contributed by atoms with Crippen molar-refractivity contribution in [3.8, 4) is 0 Å². The van der Waals surface area contributed by atoms with Crippen LogP contribution in [0.5, 0.6) is 0 Å². The molecule has 3 N–H and O–H groups in total. The number of nitrogens with one attached hydrogen (secondary N) is 2. The lowest BCUT2D eigenvalue weighted by Gasteiger charge is -2.14. The Morgan fingerprint density at radius 3 is 2.27 bits per heavy atom. The molecule has 0 aliphatic heterocycles. The summed E-state index contributed by atoms with van der Waals surface area (Å²) in [6.07, 6.45) is 1.26. The molecule has 0 aliphatic carbocycles. The Bertz CT molecular complexity index is 982. The molecule has 8 heteroatoms. The molecule has 0 bridgehead atoms. The maximum Gasteiger partial charge on any atom is 0.408 e. The molecule has 176 valence electrons. The third-order valence-corrected chi connectivity index (χ3v) is 4.16. The molecule has 1 heterocycles. The second kappa shape index (κ2) is 15.1. The van der Waals surface area contributed by atoms with Gasteiger partial charge in [-0.3, -0.25) is 9.78 Å². The van der Waals surface area contributed by atoms with E-state index in [-0.39, 0.29) is 12.5 Å². The van der Waals surface area contributed by atoms with E-state index in [2.05, 4.69) is 15.6 Å². The zero-order valence-electron chi connectivity index (χ0n) is 19.2. The van der Waals surface area contributed by atoms with Crippen molar-refractivity contribution in [2.45, 2.75) is 33.4 Å². The zero-order chi connectivity index (χ0) is 24.6. The summed E-state index contributed by atoms with van der Waals surface area (Å²) in [4.78, 5) is 27.9. The topological polar surface area (TPSA) is 101 Å². The Morgan fingerprint density at radius 1 is 1.03 bits per heavy atom. The van der Waals surface area contributed by atoms with Gasteiger partial charge in [-0.15, -0.1) is 0 Å². The molecule has 0 aliphatic rings. The molecule has 1 aromatic heterocycles. The minimum absolute atomic E-state index is 0.215. The number of aliphatic hydroxyl groups excluding tert-OH is 1. The Labute approximate surface area is 193 Å². The van der Waals surface area contributed by atoms with Crippen LogP contribution in [0.2, 0.25) is 0 Å². The first-order valence-electron chi connectivity index (χ1n) is 10.5. The molecule has 3 rings (SSSR count). The van der Waals surface area contributed by atoms with E-state index < -0.39 is 18.0 Å². The Kier molecular flexibility index (Phi) is 12.5. The fraction of sp³-hybridized carbons (Fsp3) is 0.240. The molecule has 33 heavy (non-hydrogen) atoms. The van der Waals surface area contributed by atoms with E-state index in [0.717, 1.165) is 18.9 Å². The Morgan fingerprint density at radius 2 is 1.67 bits per heavy atom. The number of hydrogen-bond donors (Lipinski definition) is 3. The number of anilines is 1. The molecule has 0 spiro atoms. The van der Waals surface area contributed by atoms with Gasteiger partial charge in [0.05, 0.1) is 6.20 Å². The maximum absolute atomic E-state index is 13.2. The van der Waals surface area contributed by atoms with E-state index >= 15 is 0 Å². The van der Waals surface area contributed by atoms with Gasteiger partial charge in [0.2, 0.25) is 0 Å². The van der Waals surface area contributed by atoms with Crippen LogP contribution in [0.25, 0.3) is 0 Å². The van der Waals surface area contributed by atoms with Crippen molar-refractivity contribution < 1.29 is 23.8 Å². The largest absolute Gasteiger partial charge is 0.442 e. The van der Waals surface area contributed by atoms with Crippen molar-refractivity contribution in [3.63, 3.8) is 0 Å². The van der Waals surface area contributed by atoms with Gasteiger partial charge < -0.3 is 20.5 Å². The highest BCUT2D eigenvalue weighted by molar-refractivity contribution is 6.04. The van der Waals surface area contributed by atoms with Crippen LogP contribution in [0.3, 0.4) is 0 Å². The first-order chi connectivity index (χ1) is 16.0. The van der Waals surface area contributed by atoms with Crippen LogP contribution in [-0.2, 0) is 11.3 Å². The summed E-state index contributed by atoms with van der Waals surface area (Å²) in [6.45, 7) is 5.86. The minimum atomic E-state index is -0.637. The minimum Gasteiger partial charge on any atom is -0.442 e. The van der Waals surface area contributed by atoms with Crippen LogP contribution in [0.1, 0.15) is 48.4 Å². The van der Waals surface area contributed by atoms with Crippen molar-refractivity contribution in [1.29, 1.82) is 0 Å². The van der Waals surface area contributed by atoms with E-state index in [4.69, 9.17) is 9.84 Å². The number of benzene rings is 2. The number of nitrogens with zero attached hydrogens (tertiary/aromatic N) is 1. The number of aliphatic hydroxyl groups is 1. The number of carbonyl (C=O) groups is 2. The number of para-hydroxylation sites is 1. The maximum atomic E-state index is 13.2. The van der Waals surface area contributed by atoms with Crippen molar-refractivity contribution >= 4 is 17.7 Å². The molecule has 3 aromatic rings. The molecule has 2 aromatic carbocycles. The van der Waals surface area contributed by atoms with Crippen LogP contribution >= 0.6 is 0 Å². The quantitative estimate of drug-likeness (QED) is 0.480. The van der Waals surface area contributed by atoms with Gasteiger partial charge >= 0.3 is 6.09 Å². The molecular weight excluding hydrogens is 425 g/mol. The van der Waals surface area contributed by atoms with Gasteiger partial charge in [0.25, 0.3) is 5.91 Å². The zero-order valence-corrected chi connectivity index (χ0v) is 19.2. The standard InChI is InChI=1S/C22H20FN3O3.C2H6.CH4O/c1-15(18-11-19(23)14-24-13-18)29-22(28)25-12-16-7-9-17(10-8-16)21(27)26-20-5-3-2-4-6-20;2*1-2/h2-11,13-15H,12H2,1H3,(H,25,28)(H,26,27);1-2H3;2H,1H3. The lowest BCUT2D eigenvalue weighted by atomic mass is 10.1. The molecule has 2 amide bonds. The van der Waals surface area contributed by atoms with Crippen LogP contribution in [-0.4, -0.2) is 29.2 Å². The number of rotatable bonds is 6. The van der Waals surface area contributed by atoms with Crippen molar-refractivity contribution in [3.05, 3.63) is 95.6 Å². The lowest BCUT2D eigenvalue weighted by Crippen LogP contribution is -2.25. The van der Waals surface area contributed by atoms with E-state index in [1.807, 2.05) is 44.2 Å². The van der Waals surface area contributed by atoms with Gasteiger partial charge in [-0.05, 0) is 42.8 Å². The number of hydrogen-bond acceptors (Lipinski definition) is 5. The monoisotopic (exact) mass is 455 g/mol. The normalized spacial score (nSPS) is 10.4. The predicted octanol–water partition coefficient (Wildman–Crippen LogP) is 5.10. The number of amides is 2. The Balaban J connectivity index is 0.00000129. The summed E-state index contributed by atoms with van der Waals surface area (Å²) >= 11 is 0. The molecule has 1 unspecified atom stereocenters. The number of carbonyl (C=O) groups excluding carboxylic acids is 2. The predicted molar refractivity (Wildman–Crippen MR) is 126 cm³/mol. The SMILES string of the molecule is CC.CC(OC(=O)NCc1ccc(C(=O)Nc2ccccc2)cc1)c1cncc(F)c1.CO. The fourth-order valence-electron chi connectivity index (χ4n) is 2.59. The van der Waals surface area contributed by atoms with E-state index in [9.17, 15) is 14.0 Å². The van der Waals surface area contributed by atoms with Crippen LogP contribution in [0.4, 0.5) is 14.9 Å². The average molecular weight is 456 g/mol. The number of pyridine rings is 1. The molecule has 0 fully saturated rings. The van der Waals surface area contributed by atoms with Gasteiger partial charge in [-0.25, -0.2) is 9.18 Å². The highest BCUT2D eigenvalue weighted by atomic mass is 19.1. The first kappa shape index (κ1) is 27.3. The Hall–Kier alpha value is -3.78. The van der Waals surface area contributed by atoms with Gasteiger partial charge in [0.1, 0.15) is 11.9 Å². The van der Waals surface area contributed by atoms with E-state index in [1.165, 1.54) is 12.3 Å². The smallest absolute Gasteiger partial charge is 0.408 e. The molecule has 0 radical (unpaired) electrons. The lowest BCUT2D eigenvalue weighted by molar-refractivity contribution is 0.102. The summed E-state index contributed by atoms with van der Waals surface area (Å²) in [5.74, 6) is -0.706. The number of halogens is 1. The van der Waals surface area contributed by atoms with Crippen LogP contribution in [0, 0.1) is 5.82 Å². The molecule has 7 nitrogen and oxygen atoms in total. The number of alkyl carbamates (subject to hydrolysis) is 1. The number of aromatic nitrogens is 1.